The van der Waals surface area contributed by atoms with Crippen molar-refractivity contribution in [1.29, 1.82) is 0 Å². The van der Waals surface area contributed by atoms with E-state index in [0.717, 1.165) is 12.7 Å². The van der Waals surface area contributed by atoms with Gasteiger partial charge in [0.2, 0.25) is 5.91 Å². The highest BCUT2D eigenvalue weighted by Gasteiger charge is 2.35. The summed E-state index contributed by atoms with van der Waals surface area (Å²) < 4.78 is 28.3. The monoisotopic (exact) mass is 354 g/mol. The topological polar surface area (TPSA) is 89.7 Å². The normalized spacial score (nSPS) is 20.7. The van der Waals surface area contributed by atoms with Crippen molar-refractivity contribution < 1.29 is 17.9 Å². The molecule has 134 valence electrons. The van der Waals surface area contributed by atoms with Gasteiger partial charge in [-0.25, -0.2) is 8.42 Å². The lowest BCUT2D eigenvalue weighted by atomic mass is 9.79. The minimum absolute atomic E-state index is 0.0581. The van der Waals surface area contributed by atoms with E-state index in [1.807, 2.05) is 4.90 Å². The van der Waals surface area contributed by atoms with Crippen LogP contribution in [0.2, 0.25) is 0 Å². The van der Waals surface area contributed by atoms with E-state index in [2.05, 4.69) is 13.8 Å². The third kappa shape index (κ3) is 4.70. The second kappa shape index (κ2) is 7.11. The Balaban J connectivity index is 1.83. The van der Waals surface area contributed by atoms with Crippen molar-refractivity contribution >= 4 is 15.7 Å². The molecule has 2 rings (SSSR count). The van der Waals surface area contributed by atoms with Gasteiger partial charge in [0.05, 0.1) is 17.9 Å². The van der Waals surface area contributed by atoms with Gasteiger partial charge < -0.3 is 15.4 Å². The number of carbonyl (C=O) groups is 1. The molecule has 0 aromatic heterocycles. The van der Waals surface area contributed by atoms with Gasteiger partial charge >= 0.3 is 0 Å². The number of hydrogen-bond donors (Lipinski definition) is 1. The molecule has 1 aromatic rings. The lowest BCUT2D eigenvalue weighted by Crippen LogP contribution is -2.54. The highest BCUT2D eigenvalue weighted by molar-refractivity contribution is 7.90. The van der Waals surface area contributed by atoms with Gasteiger partial charge in [0.25, 0.3) is 0 Å². The zero-order chi connectivity index (χ0) is 18.0. The third-order valence-electron chi connectivity index (χ3n) is 4.50. The van der Waals surface area contributed by atoms with Gasteiger partial charge in [0.15, 0.2) is 9.84 Å². The summed E-state index contributed by atoms with van der Waals surface area (Å²) in [6, 6.07) is 6.32. The molecule has 6 nitrogen and oxygen atoms in total. The van der Waals surface area contributed by atoms with Gasteiger partial charge in [-0.05, 0) is 36.1 Å². The van der Waals surface area contributed by atoms with E-state index in [1.165, 1.54) is 12.1 Å². The highest BCUT2D eigenvalue weighted by Crippen LogP contribution is 2.28. The Morgan fingerprint density at radius 1 is 1.33 bits per heavy atom. The standard InChI is InChI=1S/C17H26N2O4S/c1-17(2)12-19(10-8-15(17)18)16(20)9-11-23-13-4-6-14(7-5-13)24(3,21)22/h4-7,15H,8-12,18H2,1-3H3. The second-order valence-corrected chi connectivity index (χ2v) is 9.06. The average molecular weight is 354 g/mol. The number of nitrogens with two attached hydrogens (primary N) is 1. The van der Waals surface area contributed by atoms with E-state index < -0.39 is 9.84 Å². The first-order valence-electron chi connectivity index (χ1n) is 8.06. The van der Waals surface area contributed by atoms with Crippen molar-refractivity contribution in [3.05, 3.63) is 24.3 Å². The van der Waals surface area contributed by atoms with Crippen molar-refractivity contribution in [2.45, 2.75) is 37.6 Å². The van der Waals surface area contributed by atoms with Crippen molar-refractivity contribution in [3.63, 3.8) is 0 Å². The van der Waals surface area contributed by atoms with Gasteiger partial charge in [-0.1, -0.05) is 13.8 Å². The van der Waals surface area contributed by atoms with E-state index in [0.29, 0.717) is 25.3 Å². The van der Waals surface area contributed by atoms with Gasteiger partial charge in [0.1, 0.15) is 5.75 Å². The van der Waals surface area contributed by atoms with Gasteiger partial charge in [0, 0.05) is 25.4 Å². The number of ether oxygens (including phenoxy) is 1. The van der Waals surface area contributed by atoms with Gasteiger partial charge in [-0.15, -0.1) is 0 Å². The maximum atomic E-state index is 12.3. The molecular weight excluding hydrogens is 328 g/mol. The van der Waals surface area contributed by atoms with Crippen LogP contribution in [0, 0.1) is 5.41 Å². The molecule has 1 heterocycles. The lowest BCUT2D eigenvalue weighted by molar-refractivity contribution is -0.135. The van der Waals surface area contributed by atoms with Crippen molar-refractivity contribution in [2.75, 3.05) is 26.0 Å². The molecule has 7 heteroatoms. The van der Waals surface area contributed by atoms with Crippen LogP contribution < -0.4 is 10.5 Å². The number of rotatable bonds is 5. The van der Waals surface area contributed by atoms with Crippen LogP contribution in [-0.4, -0.2) is 51.2 Å². The number of benzene rings is 1. The molecule has 1 atom stereocenters. The Kier molecular flexibility index (Phi) is 5.55. The number of likely N-dealkylation sites (tertiary alicyclic amines) is 1. The van der Waals surface area contributed by atoms with Crippen molar-refractivity contribution in [2.24, 2.45) is 11.1 Å². The van der Waals surface area contributed by atoms with Crippen LogP contribution in [0.25, 0.3) is 0 Å². The maximum absolute atomic E-state index is 12.3. The Morgan fingerprint density at radius 2 is 1.96 bits per heavy atom. The first-order chi connectivity index (χ1) is 11.1. The zero-order valence-electron chi connectivity index (χ0n) is 14.5. The molecule has 1 amide bonds. The molecule has 0 bridgehead atoms. The Labute approximate surface area is 143 Å². The van der Waals surface area contributed by atoms with Crippen LogP contribution in [0.3, 0.4) is 0 Å². The molecule has 24 heavy (non-hydrogen) atoms. The maximum Gasteiger partial charge on any atom is 0.226 e. The summed E-state index contributed by atoms with van der Waals surface area (Å²) in [6.45, 7) is 5.77. The minimum atomic E-state index is -3.21. The molecule has 2 N–H and O–H groups in total. The number of carbonyl (C=O) groups excluding carboxylic acids is 1. The fourth-order valence-corrected chi connectivity index (χ4v) is 3.41. The number of sulfone groups is 1. The molecule has 1 aromatic carbocycles. The predicted molar refractivity (Wildman–Crippen MR) is 92.6 cm³/mol. The Morgan fingerprint density at radius 3 is 2.50 bits per heavy atom. The van der Waals surface area contributed by atoms with E-state index in [4.69, 9.17) is 10.5 Å². The first kappa shape index (κ1) is 18.7. The number of hydrogen-bond acceptors (Lipinski definition) is 5. The van der Waals surface area contributed by atoms with Crippen LogP contribution in [0.15, 0.2) is 29.2 Å². The molecule has 1 aliphatic heterocycles. The Bertz CT molecular complexity index is 683. The fraction of sp³-hybridized carbons (Fsp3) is 0.588. The zero-order valence-corrected chi connectivity index (χ0v) is 15.3. The van der Waals surface area contributed by atoms with Crippen LogP contribution in [0.4, 0.5) is 0 Å². The smallest absolute Gasteiger partial charge is 0.226 e. The van der Waals surface area contributed by atoms with E-state index >= 15 is 0 Å². The predicted octanol–water partition coefficient (Wildman–Crippen LogP) is 1.44. The lowest BCUT2D eigenvalue weighted by Gasteiger charge is -2.42. The molecule has 0 radical (unpaired) electrons. The van der Waals surface area contributed by atoms with Crippen molar-refractivity contribution in [3.8, 4) is 5.75 Å². The molecule has 1 saturated heterocycles. The number of nitrogens with zero attached hydrogens (tertiary/aromatic N) is 1. The quantitative estimate of drug-likeness (QED) is 0.864. The summed E-state index contributed by atoms with van der Waals surface area (Å²) in [5.41, 5.74) is 6.02. The van der Waals surface area contributed by atoms with Gasteiger partial charge in [-0.2, -0.15) is 0 Å². The third-order valence-corrected chi connectivity index (χ3v) is 5.63. The summed E-state index contributed by atoms with van der Waals surface area (Å²) in [7, 11) is -3.21. The molecule has 1 unspecified atom stereocenters. The summed E-state index contributed by atoms with van der Waals surface area (Å²) >= 11 is 0. The number of amides is 1. The Hall–Kier alpha value is -1.60. The van der Waals surface area contributed by atoms with E-state index in [9.17, 15) is 13.2 Å². The summed E-state index contributed by atoms with van der Waals surface area (Å²) in [6.07, 6.45) is 2.26. The van der Waals surface area contributed by atoms with Crippen LogP contribution in [0.1, 0.15) is 26.7 Å². The summed E-state index contributed by atoms with van der Waals surface area (Å²) in [4.78, 5) is 14.4. The minimum Gasteiger partial charge on any atom is -0.493 e. The van der Waals surface area contributed by atoms with Crippen LogP contribution in [0.5, 0.6) is 5.75 Å². The molecule has 1 fully saturated rings. The second-order valence-electron chi connectivity index (χ2n) is 7.04. The van der Waals surface area contributed by atoms with Gasteiger partial charge in [-0.3, -0.25) is 4.79 Å². The summed E-state index contributed by atoms with van der Waals surface area (Å²) in [5, 5.41) is 0. The highest BCUT2D eigenvalue weighted by atomic mass is 32.2. The van der Waals surface area contributed by atoms with Crippen LogP contribution >= 0.6 is 0 Å². The first-order valence-corrected chi connectivity index (χ1v) is 9.95. The molecule has 1 aliphatic rings. The van der Waals surface area contributed by atoms with E-state index in [-0.39, 0.29) is 28.9 Å². The molecule has 0 spiro atoms. The SMILES string of the molecule is CC1(C)CN(C(=O)CCOc2ccc(S(C)(=O)=O)cc2)CCC1N. The van der Waals surface area contributed by atoms with Crippen LogP contribution in [-0.2, 0) is 14.6 Å². The number of piperidine rings is 1. The van der Waals surface area contributed by atoms with Crippen molar-refractivity contribution in [1.82, 2.24) is 4.90 Å². The largest absolute Gasteiger partial charge is 0.493 e. The average Bonchev–Trinajstić information content (AvgIpc) is 2.49. The molecular formula is C17H26N2O4S. The molecule has 0 aliphatic carbocycles. The van der Waals surface area contributed by atoms with E-state index in [1.54, 1.807) is 12.1 Å². The fourth-order valence-electron chi connectivity index (χ4n) is 2.78. The molecule has 0 saturated carbocycles. The summed E-state index contributed by atoms with van der Waals surface area (Å²) in [5.74, 6) is 0.610.